The Hall–Kier alpha value is -1.26. The SMILES string of the molecule is COc1cccc(OC)c1C1CNCCN1C. The van der Waals surface area contributed by atoms with E-state index in [1.165, 1.54) is 0 Å². The van der Waals surface area contributed by atoms with Crippen LogP contribution in [0.4, 0.5) is 0 Å². The van der Waals surface area contributed by atoms with Gasteiger partial charge in [0.1, 0.15) is 11.5 Å². The lowest BCUT2D eigenvalue weighted by molar-refractivity contribution is 0.194. The van der Waals surface area contributed by atoms with Crippen LogP contribution in [-0.2, 0) is 0 Å². The maximum absolute atomic E-state index is 5.45. The van der Waals surface area contributed by atoms with Gasteiger partial charge in [-0.3, -0.25) is 4.90 Å². The lowest BCUT2D eigenvalue weighted by atomic mass is 10.0. The summed E-state index contributed by atoms with van der Waals surface area (Å²) in [5, 5.41) is 3.41. The second kappa shape index (κ2) is 5.38. The normalized spacial score (nSPS) is 21.2. The van der Waals surface area contributed by atoms with Crippen molar-refractivity contribution in [3.05, 3.63) is 23.8 Å². The van der Waals surface area contributed by atoms with Crippen molar-refractivity contribution >= 4 is 0 Å². The largest absolute Gasteiger partial charge is 0.496 e. The van der Waals surface area contributed by atoms with E-state index in [1.807, 2.05) is 18.2 Å². The number of piperazine rings is 1. The summed E-state index contributed by atoms with van der Waals surface area (Å²) in [5.74, 6) is 1.79. The van der Waals surface area contributed by atoms with Crippen molar-refractivity contribution in [2.75, 3.05) is 40.9 Å². The Labute approximate surface area is 103 Å². The summed E-state index contributed by atoms with van der Waals surface area (Å²) in [4.78, 5) is 2.33. The van der Waals surface area contributed by atoms with Crippen molar-refractivity contribution < 1.29 is 9.47 Å². The molecule has 4 nitrogen and oxygen atoms in total. The molecule has 1 heterocycles. The molecule has 0 amide bonds. The zero-order valence-corrected chi connectivity index (χ0v) is 10.7. The van der Waals surface area contributed by atoms with E-state index in [-0.39, 0.29) is 0 Å². The molecule has 1 N–H and O–H groups in total. The van der Waals surface area contributed by atoms with Crippen LogP contribution in [0.5, 0.6) is 11.5 Å². The molecular weight excluding hydrogens is 216 g/mol. The number of hydrogen-bond acceptors (Lipinski definition) is 4. The van der Waals surface area contributed by atoms with Gasteiger partial charge in [0.05, 0.1) is 25.8 Å². The van der Waals surface area contributed by atoms with Crippen LogP contribution in [0.3, 0.4) is 0 Å². The van der Waals surface area contributed by atoms with Crippen molar-refractivity contribution in [1.82, 2.24) is 10.2 Å². The molecule has 0 bridgehead atoms. The van der Waals surface area contributed by atoms with Crippen molar-refractivity contribution in [2.45, 2.75) is 6.04 Å². The van der Waals surface area contributed by atoms with Gasteiger partial charge >= 0.3 is 0 Å². The highest BCUT2D eigenvalue weighted by Gasteiger charge is 2.26. The fourth-order valence-corrected chi connectivity index (χ4v) is 2.34. The average molecular weight is 236 g/mol. The number of hydrogen-bond donors (Lipinski definition) is 1. The second-order valence-electron chi connectivity index (χ2n) is 4.28. The first-order valence-corrected chi connectivity index (χ1v) is 5.89. The maximum atomic E-state index is 5.45. The molecule has 1 aliphatic rings. The minimum absolute atomic E-state index is 0.301. The minimum Gasteiger partial charge on any atom is -0.496 e. The summed E-state index contributed by atoms with van der Waals surface area (Å²) < 4.78 is 10.9. The highest BCUT2D eigenvalue weighted by atomic mass is 16.5. The molecule has 0 spiro atoms. The maximum Gasteiger partial charge on any atom is 0.127 e. The molecule has 1 saturated heterocycles. The molecule has 1 aromatic carbocycles. The van der Waals surface area contributed by atoms with Crippen molar-refractivity contribution in [1.29, 1.82) is 0 Å². The third kappa shape index (κ3) is 2.37. The Kier molecular flexibility index (Phi) is 3.86. The number of likely N-dealkylation sites (N-methyl/N-ethyl adjacent to an activating group) is 1. The molecular formula is C13H20N2O2. The van der Waals surface area contributed by atoms with Gasteiger partial charge in [0, 0.05) is 19.6 Å². The van der Waals surface area contributed by atoms with Gasteiger partial charge in [0.25, 0.3) is 0 Å². The molecule has 2 rings (SSSR count). The van der Waals surface area contributed by atoms with E-state index in [1.54, 1.807) is 14.2 Å². The molecule has 17 heavy (non-hydrogen) atoms. The summed E-state index contributed by atoms with van der Waals surface area (Å²) in [6, 6.07) is 6.23. The topological polar surface area (TPSA) is 33.7 Å². The first-order valence-electron chi connectivity index (χ1n) is 5.89. The van der Waals surface area contributed by atoms with E-state index in [0.717, 1.165) is 36.7 Å². The fourth-order valence-electron chi connectivity index (χ4n) is 2.34. The summed E-state index contributed by atoms with van der Waals surface area (Å²) in [7, 11) is 5.54. The molecule has 0 aromatic heterocycles. The standard InChI is InChI=1S/C13H20N2O2/c1-15-8-7-14-9-10(15)13-11(16-2)5-4-6-12(13)17-3/h4-6,10,14H,7-9H2,1-3H3. The third-order valence-electron chi connectivity index (χ3n) is 3.31. The third-order valence-corrected chi connectivity index (χ3v) is 3.31. The van der Waals surface area contributed by atoms with Gasteiger partial charge in [0.15, 0.2) is 0 Å². The minimum atomic E-state index is 0.301. The molecule has 1 aliphatic heterocycles. The van der Waals surface area contributed by atoms with E-state index in [4.69, 9.17) is 9.47 Å². The van der Waals surface area contributed by atoms with Crippen molar-refractivity contribution in [2.24, 2.45) is 0 Å². The van der Waals surface area contributed by atoms with Crippen molar-refractivity contribution in [3.63, 3.8) is 0 Å². The van der Waals surface area contributed by atoms with Crippen LogP contribution in [0.15, 0.2) is 18.2 Å². The number of methoxy groups -OCH3 is 2. The Balaban J connectivity index is 2.40. The molecule has 0 radical (unpaired) electrons. The Morgan fingerprint density at radius 3 is 2.41 bits per heavy atom. The monoisotopic (exact) mass is 236 g/mol. The molecule has 1 fully saturated rings. The van der Waals surface area contributed by atoms with E-state index in [0.29, 0.717) is 6.04 Å². The Morgan fingerprint density at radius 2 is 1.88 bits per heavy atom. The van der Waals surface area contributed by atoms with Crippen LogP contribution < -0.4 is 14.8 Å². The zero-order chi connectivity index (χ0) is 12.3. The van der Waals surface area contributed by atoms with Gasteiger partial charge in [0.2, 0.25) is 0 Å². The van der Waals surface area contributed by atoms with E-state index >= 15 is 0 Å². The number of rotatable bonds is 3. The molecule has 0 aliphatic carbocycles. The van der Waals surface area contributed by atoms with Gasteiger partial charge < -0.3 is 14.8 Å². The first-order chi connectivity index (χ1) is 8.27. The van der Waals surface area contributed by atoms with E-state index in [2.05, 4.69) is 17.3 Å². The Morgan fingerprint density at radius 1 is 1.24 bits per heavy atom. The smallest absolute Gasteiger partial charge is 0.127 e. The Bertz CT molecular complexity index is 359. The van der Waals surface area contributed by atoms with Crippen LogP contribution in [0, 0.1) is 0 Å². The van der Waals surface area contributed by atoms with Crippen LogP contribution in [0.25, 0.3) is 0 Å². The predicted molar refractivity (Wildman–Crippen MR) is 67.8 cm³/mol. The van der Waals surface area contributed by atoms with Crippen LogP contribution in [0.2, 0.25) is 0 Å². The van der Waals surface area contributed by atoms with Crippen molar-refractivity contribution in [3.8, 4) is 11.5 Å². The zero-order valence-electron chi connectivity index (χ0n) is 10.7. The van der Waals surface area contributed by atoms with Gasteiger partial charge in [-0.2, -0.15) is 0 Å². The number of nitrogens with zero attached hydrogens (tertiary/aromatic N) is 1. The summed E-state index contributed by atoms with van der Waals surface area (Å²) in [6.45, 7) is 2.99. The molecule has 4 heteroatoms. The van der Waals surface area contributed by atoms with E-state index < -0.39 is 0 Å². The van der Waals surface area contributed by atoms with Crippen LogP contribution >= 0.6 is 0 Å². The molecule has 1 aromatic rings. The molecule has 94 valence electrons. The predicted octanol–water partition coefficient (Wildman–Crippen LogP) is 1.28. The quantitative estimate of drug-likeness (QED) is 0.857. The summed E-state index contributed by atoms with van der Waals surface area (Å²) in [6.07, 6.45) is 0. The molecule has 1 unspecified atom stereocenters. The first kappa shape index (κ1) is 12.2. The van der Waals surface area contributed by atoms with Gasteiger partial charge in [-0.05, 0) is 19.2 Å². The highest BCUT2D eigenvalue weighted by Crippen LogP contribution is 2.36. The van der Waals surface area contributed by atoms with E-state index in [9.17, 15) is 0 Å². The van der Waals surface area contributed by atoms with Gasteiger partial charge in [-0.1, -0.05) is 6.07 Å². The lowest BCUT2D eigenvalue weighted by Gasteiger charge is -2.34. The summed E-state index contributed by atoms with van der Waals surface area (Å²) >= 11 is 0. The van der Waals surface area contributed by atoms with Crippen LogP contribution in [-0.4, -0.2) is 45.8 Å². The van der Waals surface area contributed by atoms with Gasteiger partial charge in [-0.25, -0.2) is 0 Å². The lowest BCUT2D eigenvalue weighted by Crippen LogP contribution is -2.44. The fraction of sp³-hybridized carbons (Fsp3) is 0.538. The average Bonchev–Trinajstić information content (AvgIpc) is 2.38. The second-order valence-corrected chi connectivity index (χ2v) is 4.28. The highest BCUT2D eigenvalue weighted by molar-refractivity contribution is 5.47. The number of benzene rings is 1. The van der Waals surface area contributed by atoms with Gasteiger partial charge in [-0.15, -0.1) is 0 Å². The number of nitrogens with one attached hydrogen (secondary N) is 1. The molecule has 0 saturated carbocycles. The van der Waals surface area contributed by atoms with Crippen LogP contribution in [0.1, 0.15) is 11.6 Å². The summed E-state index contributed by atoms with van der Waals surface area (Å²) in [5.41, 5.74) is 1.13. The molecule has 1 atom stereocenters. The number of ether oxygens (including phenoxy) is 2.